The Morgan fingerprint density at radius 1 is 1.23 bits per heavy atom. The van der Waals surface area contributed by atoms with Crippen molar-refractivity contribution >= 4 is 0 Å². The molecule has 2 aromatic heterocycles. The van der Waals surface area contributed by atoms with Gasteiger partial charge in [0.05, 0.1) is 11.4 Å². The van der Waals surface area contributed by atoms with Gasteiger partial charge in [0.1, 0.15) is 23.8 Å². The van der Waals surface area contributed by atoms with Crippen molar-refractivity contribution in [2.24, 2.45) is 0 Å². The first-order valence-corrected chi connectivity index (χ1v) is 6.39. The van der Waals surface area contributed by atoms with Gasteiger partial charge in [0, 0.05) is 17.3 Å². The van der Waals surface area contributed by atoms with Gasteiger partial charge in [-0.3, -0.25) is 4.79 Å². The molecule has 1 N–H and O–H groups in total. The number of benzene rings is 1. The Morgan fingerprint density at radius 2 is 2.09 bits per heavy atom. The summed E-state index contributed by atoms with van der Waals surface area (Å²) in [6, 6.07) is 10.8. The lowest BCUT2D eigenvalue weighted by atomic mass is 10.0. The lowest BCUT2D eigenvalue weighted by Gasteiger charge is -2.09. The van der Waals surface area contributed by atoms with Gasteiger partial charge in [-0.2, -0.15) is 5.26 Å². The van der Waals surface area contributed by atoms with Crippen LogP contribution in [0.25, 0.3) is 22.5 Å². The van der Waals surface area contributed by atoms with Crippen LogP contribution in [0.15, 0.2) is 53.7 Å². The third-order valence-electron chi connectivity index (χ3n) is 3.13. The predicted octanol–water partition coefficient (Wildman–Crippen LogP) is 2.51. The number of nitrogens with one attached hydrogen (secondary N) is 1. The van der Waals surface area contributed by atoms with Crippen LogP contribution in [0.5, 0.6) is 0 Å². The standard InChI is InChI=1S/C16H9FN4O/c17-12-3-1-2-10(6-12)15-13(14-4-5-19-9-20-14)7-11(8-18)16(22)21-15/h1-7,9H,(H,21,22). The summed E-state index contributed by atoms with van der Waals surface area (Å²) in [6.07, 6.45) is 2.91. The normalized spacial score (nSPS) is 10.2. The highest BCUT2D eigenvalue weighted by Crippen LogP contribution is 2.28. The number of hydrogen-bond acceptors (Lipinski definition) is 4. The summed E-state index contributed by atoms with van der Waals surface area (Å²) in [5, 5.41) is 9.03. The summed E-state index contributed by atoms with van der Waals surface area (Å²) in [6.45, 7) is 0. The van der Waals surface area contributed by atoms with Gasteiger partial charge in [-0.15, -0.1) is 0 Å². The fourth-order valence-electron chi connectivity index (χ4n) is 2.14. The summed E-state index contributed by atoms with van der Waals surface area (Å²) >= 11 is 0. The SMILES string of the molecule is N#Cc1cc(-c2ccncn2)c(-c2cccc(F)c2)[nH]c1=O. The van der Waals surface area contributed by atoms with Crippen LogP contribution in [0.3, 0.4) is 0 Å². The first-order chi connectivity index (χ1) is 10.7. The second-order valence-electron chi connectivity index (χ2n) is 4.52. The molecule has 5 nitrogen and oxygen atoms in total. The number of hydrogen-bond donors (Lipinski definition) is 1. The van der Waals surface area contributed by atoms with Gasteiger partial charge in [-0.25, -0.2) is 14.4 Å². The minimum Gasteiger partial charge on any atom is -0.320 e. The van der Waals surface area contributed by atoms with Crippen LogP contribution in [0.2, 0.25) is 0 Å². The third kappa shape index (κ3) is 2.47. The second-order valence-corrected chi connectivity index (χ2v) is 4.52. The molecule has 2 heterocycles. The maximum atomic E-state index is 13.5. The Kier molecular flexibility index (Phi) is 3.46. The minimum absolute atomic E-state index is 0.0336. The smallest absolute Gasteiger partial charge is 0.266 e. The van der Waals surface area contributed by atoms with Gasteiger partial charge in [0.15, 0.2) is 0 Å². The predicted molar refractivity (Wildman–Crippen MR) is 78.2 cm³/mol. The summed E-state index contributed by atoms with van der Waals surface area (Å²) in [7, 11) is 0. The number of pyridine rings is 1. The molecule has 3 rings (SSSR count). The number of aromatic nitrogens is 3. The Morgan fingerprint density at radius 3 is 2.77 bits per heavy atom. The van der Waals surface area contributed by atoms with E-state index in [1.807, 2.05) is 6.07 Å². The zero-order chi connectivity index (χ0) is 15.5. The maximum absolute atomic E-state index is 13.5. The number of nitrogens with zero attached hydrogens (tertiary/aromatic N) is 3. The van der Waals surface area contributed by atoms with Crippen LogP contribution in [-0.2, 0) is 0 Å². The second kappa shape index (κ2) is 5.58. The number of H-pyrrole nitrogens is 1. The molecule has 0 saturated carbocycles. The van der Waals surface area contributed by atoms with E-state index in [2.05, 4.69) is 15.0 Å². The summed E-state index contributed by atoms with van der Waals surface area (Å²) < 4.78 is 13.5. The van der Waals surface area contributed by atoms with Gasteiger partial charge < -0.3 is 4.98 Å². The van der Waals surface area contributed by atoms with E-state index in [1.54, 1.807) is 24.4 Å². The fourth-order valence-corrected chi connectivity index (χ4v) is 2.14. The van der Waals surface area contributed by atoms with Crippen LogP contribution >= 0.6 is 0 Å². The van der Waals surface area contributed by atoms with E-state index in [4.69, 9.17) is 5.26 Å². The Balaban J connectivity index is 2.32. The maximum Gasteiger partial charge on any atom is 0.266 e. The van der Waals surface area contributed by atoms with Gasteiger partial charge in [-0.1, -0.05) is 12.1 Å². The minimum atomic E-state index is -0.528. The Bertz CT molecular complexity index is 929. The van der Waals surface area contributed by atoms with Gasteiger partial charge in [-0.05, 0) is 24.3 Å². The monoisotopic (exact) mass is 292 g/mol. The number of nitriles is 1. The van der Waals surface area contributed by atoms with Crippen LogP contribution in [0.4, 0.5) is 4.39 Å². The molecule has 1 aromatic carbocycles. The van der Waals surface area contributed by atoms with E-state index in [0.717, 1.165) is 0 Å². The van der Waals surface area contributed by atoms with Crippen molar-refractivity contribution in [2.75, 3.05) is 0 Å². The molecule has 106 valence electrons. The highest BCUT2D eigenvalue weighted by molar-refractivity contribution is 5.79. The molecule has 3 aromatic rings. The lowest BCUT2D eigenvalue weighted by Crippen LogP contribution is -2.12. The molecule has 0 amide bonds. The van der Waals surface area contributed by atoms with E-state index >= 15 is 0 Å². The Labute approximate surface area is 124 Å². The van der Waals surface area contributed by atoms with Crippen LogP contribution < -0.4 is 5.56 Å². The average molecular weight is 292 g/mol. The Hall–Kier alpha value is -3.33. The van der Waals surface area contributed by atoms with E-state index in [9.17, 15) is 9.18 Å². The molecule has 0 atom stereocenters. The van der Waals surface area contributed by atoms with Gasteiger partial charge in [0.2, 0.25) is 0 Å². The number of halogens is 1. The molecule has 0 bridgehead atoms. The van der Waals surface area contributed by atoms with E-state index in [-0.39, 0.29) is 5.56 Å². The first-order valence-electron chi connectivity index (χ1n) is 6.39. The molecule has 22 heavy (non-hydrogen) atoms. The molecule has 0 aliphatic rings. The van der Waals surface area contributed by atoms with Crippen molar-refractivity contribution < 1.29 is 4.39 Å². The quantitative estimate of drug-likeness (QED) is 0.786. The highest BCUT2D eigenvalue weighted by atomic mass is 19.1. The summed E-state index contributed by atoms with van der Waals surface area (Å²) in [5.74, 6) is -0.420. The lowest BCUT2D eigenvalue weighted by molar-refractivity contribution is 0.628. The van der Waals surface area contributed by atoms with E-state index in [1.165, 1.54) is 24.5 Å². The largest absolute Gasteiger partial charge is 0.320 e. The summed E-state index contributed by atoms with van der Waals surface area (Å²) in [5.41, 5.74) is 1.40. The van der Waals surface area contributed by atoms with Crippen molar-refractivity contribution in [3.63, 3.8) is 0 Å². The summed E-state index contributed by atoms with van der Waals surface area (Å²) in [4.78, 5) is 22.5. The van der Waals surface area contributed by atoms with Gasteiger partial charge >= 0.3 is 0 Å². The number of rotatable bonds is 2. The van der Waals surface area contributed by atoms with Crippen molar-refractivity contribution in [2.45, 2.75) is 0 Å². The van der Waals surface area contributed by atoms with Crippen molar-refractivity contribution in [1.82, 2.24) is 15.0 Å². The van der Waals surface area contributed by atoms with E-state index in [0.29, 0.717) is 22.5 Å². The number of aromatic amines is 1. The molecule has 6 heteroatoms. The van der Waals surface area contributed by atoms with Crippen molar-refractivity contribution in [3.8, 4) is 28.6 Å². The fraction of sp³-hybridized carbons (Fsp3) is 0. The first kappa shape index (κ1) is 13.6. The van der Waals surface area contributed by atoms with Crippen LogP contribution in [0.1, 0.15) is 5.56 Å². The third-order valence-corrected chi connectivity index (χ3v) is 3.13. The van der Waals surface area contributed by atoms with Crippen molar-refractivity contribution in [3.05, 3.63) is 70.7 Å². The molecule has 0 spiro atoms. The molecule has 0 radical (unpaired) electrons. The van der Waals surface area contributed by atoms with Crippen LogP contribution in [0, 0.1) is 17.1 Å². The molecule has 0 aliphatic carbocycles. The zero-order valence-electron chi connectivity index (χ0n) is 11.2. The van der Waals surface area contributed by atoms with Crippen molar-refractivity contribution in [1.29, 1.82) is 5.26 Å². The average Bonchev–Trinajstić information content (AvgIpc) is 2.55. The topological polar surface area (TPSA) is 82.4 Å². The molecule has 0 aliphatic heterocycles. The van der Waals surface area contributed by atoms with Crippen LogP contribution in [-0.4, -0.2) is 15.0 Å². The van der Waals surface area contributed by atoms with E-state index < -0.39 is 11.4 Å². The molecule has 0 unspecified atom stereocenters. The molecular weight excluding hydrogens is 283 g/mol. The zero-order valence-corrected chi connectivity index (χ0v) is 11.2. The molecule has 0 saturated heterocycles. The highest BCUT2D eigenvalue weighted by Gasteiger charge is 2.13. The molecular formula is C16H9FN4O. The van der Waals surface area contributed by atoms with Gasteiger partial charge in [0.25, 0.3) is 5.56 Å². The molecule has 0 fully saturated rings.